The van der Waals surface area contributed by atoms with Crippen LogP contribution in [0.2, 0.25) is 0 Å². The lowest BCUT2D eigenvalue weighted by atomic mass is 10.1. The molecular formula is C10H11IO2. The van der Waals surface area contributed by atoms with Crippen molar-refractivity contribution in [3.63, 3.8) is 0 Å². The minimum atomic E-state index is -0.724. The van der Waals surface area contributed by atoms with E-state index in [1.807, 2.05) is 30.3 Å². The third-order valence-electron chi connectivity index (χ3n) is 1.77. The third kappa shape index (κ3) is 3.76. The summed E-state index contributed by atoms with van der Waals surface area (Å²) in [7, 11) is 0. The second-order valence-corrected chi connectivity index (χ2v) is 4.31. The highest BCUT2D eigenvalue weighted by Gasteiger charge is 2.08. The number of alkyl halides is 1. The first-order valence-electron chi connectivity index (χ1n) is 4.11. The fourth-order valence-electron chi connectivity index (χ4n) is 1.08. The number of carboxylic acid groups (broad SMARTS) is 1. The fraction of sp³-hybridized carbons (Fsp3) is 0.300. The molecule has 0 heterocycles. The standard InChI is InChI=1S/C10H11IO2/c11-9(6-7-10(12)13)8-4-2-1-3-5-8/h1-5,9H,6-7H2,(H,12,13). The number of carbonyl (C=O) groups is 1. The van der Waals surface area contributed by atoms with Crippen molar-refractivity contribution in [3.05, 3.63) is 35.9 Å². The Balaban J connectivity index is 2.49. The van der Waals surface area contributed by atoms with Gasteiger partial charge in [0.05, 0.1) is 0 Å². The first kappa shape index (κ1) is 10.5. The Labute approximate surface area is 91.1 Å². The van der Waals surface area contributed by atoms with Crippen molar-refractivity contribution < 1.29 is 9.90 Å². The second kappa shape index (κ2) is 5.21. The maximum atomic E-state index is 10.3. The van der Waals surface area contributed by atoms with Crippen LogP contribution >= 0.6 is 22.6 Å². The van der Waals surface area contributed by atoms with Gasteiger partial charge in [0.2, 0.25) is 0 Å². The Morgan fingerprint density at radius 3 is 2.54 bits per heavy atom. The molecule has 0 amide bonds. The lowest BCUT2D eigenvalue weighted by molar-refractivity contribution is -0.137. The van der Waals surface area contributed by atoms with E-state index in [1.54, 1.807) is 0 Å². The first-order valence-corrected chi connectivity index (χ1v) is 5.35. The van der Waals surface area contributed by atoms with Crippen LogP contribution in [0.1, 0.15) is 22.3 Å². The molecule has 1 unspecified atom stereocenters. The van der Waals surface area contributed by atoms with Crippen LogP contribution in [0.4, 0.5) is 0 Å². The van der Waals surface area contributed by atoms with Crippen LogP contribution < -0.4 is 0 Å². The minimum absolute atomic E-state index is 0.239. The SMILES string of the molecule is O=C(O)CCC(I)c1ccccc1. The summed E-state index contributed by atoms with van der Waals surface area (Å²) in [6.07, 6.45) is 0.933. The molecule has 2 nitrogen and oxygen atoms in total. The summed E-state index contributed by atoms with van der Waals surface area (Å²) in [5.41, 5.74) is 1.20. The minimum Gasteiger partial charge on any atom is -0.481 e. The van der Waals surface area contributed by atoms with Gasteiger partial charge < -0.3 is 5.11 Å². The zero-order valence-electron chi connectivity index (χ0n) is 7.11. The number of carboxylic acids is 1. The monoisotopic (exact) mass is 290 g/mol. The lowest BCUT2D eigenvalue weighted by Gasteiger charge is -2.07. The van der Waals surface area contributed by atoms with Crippen molar-refractivity contribution in [1.29, 1.82) is 0 Å². The molecule has 0 fully saturated rings. The summed E-state index contributed by atoms with van der Waals surface area (Å²) in [5.74, 6) is -0.724. The Hall–Kier alpha value is -0.580. The molecule has 0 saturated carbocycles. The number of halogens is 1. The van der Waals surface area contributed by atoms with E-state index >= 15 is 0 Å². The molecule has 0 aliphatic carbocycles. The molecule has 1 N–H and O–H groups in total. The van der Waals surface area contributed by atoms with E-state index in [4.69, 9.17) is 5.11 Å². The van der Waals surface area contributed by atoms with Crippen LogP contribution in [0.25, 0.3) is 0 Å². The van der Waals surface area contributed by atoms with Gasteiger partial charge in [-0.3, -0.25) is 4.79 Å². The van der Waals surface area contributed by atoms with Gasteiger partial charge in [0.1, 0.15) is 0 Å². The average molecular weight is 290 g/mol. The van der Waals surface area contributed by atoms with Crippen molar-refractivity contribution in [2.24, 2.45) is 0 Å². The summed E-state index contributed by atoms with van der Waals surface area (Å²) < 4.78 is 0.301. The van der Waals surface area contributed by atoms with Crippen LogP contribution in [-0.2, 0) is 4.79 Å². The normalized spacial score (nSPS) is 12.4. The Kier molecular flexibility index (Phi) is 4.21. The lowest BCUT2D eigenvalue weighted by Crippen LogP contribution is -1.97. The Morgan fingerprint density at radius 1 is 1.38 bits per heavy atom. The highest BCUT2D eigenvalue weighted by Crippen LogP contribution is 2.27. The van der Waals surface area contributed by atoms with E-state index in [1.165, 1.54) is 5.56 Å². The van der Waals surface area contributed by atoms with E-state index in [2.05, 4.69) is 22.6 Å². The number of rotatable bonds is 4. The van der Waals surface area contributed by atoms with Crippen LogP contribution in [-0.4, -0.2) is 11.1 Å². The third-order valence-corrected chi connectivity index (χ3v) is 3.11. The molecule has 0 radical (unpaired) electrons. The molecule has 0 aromatic heterocycles. The zero-order valence-corrected chi connectivity index (χ0v) is 9.27. The molecule has 0 spiro atoms. The van der Waals surface area contributed by atoms with E-state index in [0.717, 1.165) is 0 Å². The van der Waals surface area contributed by atoms with Crippen molar-refractivity contribution in [2.45, 2.75) is 16.8 Å². The Bertz CT molecular complexity index is 272. The second-order valence-electron chi connectivity index (χ2n) is 2.81. The molecule has 70 valence electrons. The first-order chi connectivity index (χ1) is 6.20. The van der Waals surface area contributed by atoms with Crippen LogP contribution in [0.15, 0.2) is 30.3 Å². The zero-order chi connectivity index (χ0) is 9.68. The van der Waals surface area contributed by atoms with Gasteiger partial charge in [-0.05, 0) is 12.0 Å². The molecule has 13 heavy (non-hydrogen) atoms. The van der Waals surface area contributed by atoms with Gasteiger partial charge in [-0.15, -0.1) is 0 Å². The van der Waals surface area contributed by atoms with Crippen LogP contribution in [0.5, 0.6) is 0 Å². The quantitative estimate of drug-likeness (QED) is 0.683. The smallest absolute Gasteiger partial charge is 0.303 e. The summed E-state index contributed by atoms with van der Waals surface area (Å²) in [5, 5.41) is 8.51. The van der Waals surface area contributed by atoms with Crippen LogP contribution in [0.3, 0.4) is 0 Å². The van der Waals surface area contributed by atoms with Gasteiger partial charge in [0.15, 0.2) is 0 Å². The molecule has 0 bridgehead atoms. The number of benzene rings is 1. The van der Waals surface area contributed by atoms with E-state index < -0.39 is 5.97 Å². The van der Waals surface area contributed by atoms with Crippen molar-refractivity contribution in [3.8, 4) is 0 Å². The van der Waals surface area contributed by atoms with Gasteiger partial charge in [0.25, 0.3) is 0 Å². The largest absolute Gasteiger partial charge is 0.481 e. The highest BCUT2D eigenvalue weighted by atomic mass is 127. The van der Waals surface area contributed by atoms with Crippen LogP contribution in [0, 0.1) is 0 Å². The predicted molar refractivity (Wildman–Crippen MR) is 60.1 cm³/mol. The number of aliphatic carboxylic acids is 1. The van der Waals surface area contributed by atoms with Crippen molar-refractivity contribution in [2.75, 3.05) is 0 Å². The van der Waals surface area contributed by atoms with Gasteiger partial charge >= 0.3 is 5.97 Å². The van der Waals surface area contributed by atoms with Crippen molar-refractivity contribution in [1.82, 2.24) is 0 Å². The summed E-state index contributed by atoms with van der Waals surface area (Å²) >= 11 is 2.28. The van der Waals surface area contributed by atoms with Gasteiger partial charge in [-0.25, -0.2) is 0 Å². The topological polar surface area (TPSA) is 37.3 Å². The van der Waals surface area contributed by atoms with Crippen molar-refractivity contribution >= 4 is 28.6 Å². The molecule has 0 aliphatic rings. The average Bonchev–Trinajstić information content (AvgIpc) is 2.15. The molecule has 0 aliphatic heterocycles. The Morgan fingerprint density at radius 2 is 2.00 bits per heavy atom. The molecule has 1 atom stereocenters. The van der Waals surface area contributed by atoms with E-state index in [0.29, 0.717) is 10.3 Å². The maximum Gasteiger partial charge on any atom is 0.303 e. The maximum absolute atomic E-state index is 10.3. The summed E-state index contributed by atoms with van der Waals surface area (Å²) in [6.45, 7) is 0. The molecule has 0 saturated heterocycles. The van der Waals surface area contributed by atoms with E-state index in [9.17, 15) is 4.79 Å². The molecule has 1 rings (SSSR count). The predicted octanol–water partition coefficient (Wildman–Crippen LogP) is 3.03. The summed E-state index contributed by atoms with van der Waals surface area (Å²) in [6, 6.07) is 9.96. The number of hydrogen-bond acceptors (Lipinski definition) is 1. The van der Waals surface area contributed by atoms with E-state index in [-0.39, 0.29) is 6.42 Å². The van der Waals surface area contributed by atoms with Gasteiger partial charge in [0, 0.05) is 10.3 Å². The fourth-order valence-corrected chi connectivity index (χ4v) is 1.81. The number of hydrogen-bond donors (Lipinski definition) is 1. The highest BCUT2D eigenvalue weighted by molar-refractivity contribution is 14.1. The molecule has 1 aromatic carbocycles. The van der Waals surface area contributed by atoms with Gasteiger partial charge in [-0.1, -0.05) is 52.9 Å². The molecule has 3 heteroatoms. The van der Waals surface area contributed by atoms with Gasteiger partial charge in [-0.2, -0.15) is 0 Å². The summed E-state index contributed by atoms with van der Waals surface area (Å²) in [4.78, 5) is 10.3. The molecule has 1 aromatic rings. The molecular weight excluding hydrogens is 279 g/mol.